The number of benzene rings is 2. The van der Waals surface area contributed by atoms with Gasteiger partial charge in [-0.2, -0.15) is 0 Å². The molecule has 65 heavy (non-hydrogen) atoms. The molecule has 2 aliphatic heterocycles. The first-order valence-corrected chi connectivity index (χ1v) is 24.2. The molecule has 4 rings (SSSR count). The summed E-state index contributed by atoms with van der Waals surface area (Å²) in [4.78, 5) is 37.7. The van der Waals surface area contributed by atoms with Crippen LogP contribution in [-0.2, 0) is 32.2 Å². The topological polar surface area (TPSA) is 192 Å². The Morgan fingerprint density at radius 1 is 0.523 bits per heavy atom. The van der Waals surface area contributed by atoms with Gasteiger partial charge in [-0.1, -0.05) is 128 Å². The Bertz CT molecular complexity index is 1650. The molecule has 2 unspecified atom stereocenters. The Morgan fingerprint density at radius 3 is 1.20 bits per heavy atom. The first-order chi connectivity index (χ1) is 31.2. The van der Waals surface area contributed by atoms with Crippen molar-refractivity contribution in [3.05, 3.63) is 59.7 Å². The van der Waals surface area contributed by atoms with Gasteiger partial charge < -0.3 is 29.6 Å². The van der Waals surface area contributed by atoms with Crippen molar-refractivity contribution in [2.45, 2.75) is 187 Å². The van der Waals surface area contributed by atoms with Crippen molar-refractivity contribution in [1.82, 2.24) is 42.5 Å². The van der Waals surface area contributed by atoms with Crippen LogP contribution in [0.3, 0.4) is 0 Å². The highest BCUT2D eigenvalue weighted by molar-refractivity contribution is 5.92. The molecule has 0 radical (unpaired) electrons. The predicted octanol–water partition coefficient (Wildman–Crippen LogP) is 7.31. The molecule has 2 heterocycles. The molecular weight excluding hydrogens is 825 g/mol. The van der Waals surface area contributed by atoms with Gasteiger partial charge in [0.25, 0.3) is 0 Å². The van der Waals surface area contributed by atoms with Gasteiger partial charge in [0.1, 0.15) is 29.2 Å². The third kappa shape index (κ3) is 19.8. The van der Waals surface area contributed by atoms with E-state index in [4.69, 9.17) is 28.9 Å². The minimum absolute atomic E-state index is 0.290. The molecule has 0 spiro atoms. The van der Waals surface area contributed by atoms with Crippen LogP contribution < -0.4 is 52.0 Å². The Balaban J connectivity index is 1.47. The van der Waals surface area contributed by atoms with Crippen LogP contribution in [-0.4, -0.2) is 74.4 Å². The van der Waals surface area contributed by atoms with Crippen LogP contribution in [0.25, 0.3) is 0 Å². The molecule has 16 heteroatoms. The molecule has 0 saturated carbocycles. The van der Waals surface area contributed by atoms with E-state index in [0.717, 1.165) is 48.3 Å². The highest BCUT2D eigenvalue weighted by atomic mass is 16.6. The molecule has 16 nitrogen and oxygen atoms in total. The molecular formula is C49H82N10O6. The van der Waals surface area contributed by atoms with E-state index >= 15 is 0 Å². The van der Waals surface area contributed by atoms with Crippen LogP contribution in [0.15, 0.2) is 58.5 Å². The summed E-state index contributed by atoms with van der Waals surface area (Å²) in [5.41, 5.74) is 0.0610. The zero-order chi connectivity index (χ0) is 47.0. The Kier molecular flexibility index (Phi) is 22.1. The fourth-order valence-electron chi connectivity index (χ4n) is 7.85. The van der Waals surface area contributed by atoms with Gasteiger partial charge in [0.2, 0.25) is 0 Å². The molecule has 0 aromatic heterocycles. The molecule has 2 aliphatic rings. The number of esters is 2. The van der Waals surface area contributed by atoms with Crippen molar-refractivity contribution in [3.63, 3.8) is 0 Å². The molecule has 364 valence electrons. The molecule has 0 aliphatic carbocycles. The summed E-state index contributed by atoms with van der Waals surface area (Å²) < 4.78 is 23.1. The lowest BCUT2D eigenvalue weighted by atomic mass is 10.1. The van der Waals surface area contributed by atoms with Gasteiger partial charge in [0.15, 0.2) is 11.9 Å². The van der Waals surface area contributed by atoms with Crippen molar-refractivity contribution in [1.29, 1.82) is 0 Å². The fraction of sp³-hybridized carbons (Fsp3) is 0.673. The van der Waals surface area contributed by atoms with Crippen molar-refractivity contribution in [3.8, 4) is 11.5 Å². The minimum Gasteiger partial charge on any atom is -0.497 e. The highest BCUT2D eigenvalue weighted by Crippen LogP contribution is 2.21. The normalized spacial score (nSPS) is 19.8. The zero-order valence-electron chi connectivity index (χ0n) is 40.8. The molecule has 0 saturated heterocycles. The van der Waals surface area contributed by atoms with Crippen LogP contribution in [0.1, 0.15) is 162 Å². The number of unbranched alkanes of at least 4 members (excludes halogenated alkanes) is 14. The second kappa shape index (κ2) is 27.1. The lowest BCUT2D eigenvalue weighted by Gasteiger charge is -2.45. The molecule has 2 aromatic rings. The van der Waals surface area contributed by atoms with Crippen molar-refractivity contribution in [2.24, 2.45) is 9.98 Å². The number of guanidine groups is 2. The number of nitrogens with zero attached hydrogens (tertiary/aromatic N) is 2. The lowest BCUT2D eigenvalue weighted by Crippen LogP contribution is -2.78. The van der Waals surface area contributed by atoms with E-state index in [9.17, 15) is 9.59 Å². The van der Waals surface area contributed by atoms with E-state index < -0.39 is 41.6 Å². The van der Waals surface area contributed by atoms with Gasteiger partial charge >= 0.3 is 23.9 Å². The molecule has 0 bridgehead atoms. The highest BCUT2D eigenvalue weighted by Gasteiger charge is 2.46. The first-order valence-electron chi connectivity index (χ1n) is 24.2. The van der Waals surface area contributed by atoms with Gasteiger partial charge in [0.05, 0.1) is 14.2 Å². The van der Waals surface area contributed by atoms with E-state index in [1.165, 1.54) is 77.0 Å². The minimum atomic E-state index is -1.66. The van der Waals surface area contributed by atoms with Crippen LogP contribution in [0.4, 0.5) is 0 Å². The average molecular weight is 907 g/mol. The number of ether oxygens (including phenoxy) is 4. The van der Waals surface area contributed by atoms with Gasteiger partial charge in [-0.05, 0) is 75.9 Å². The van der Waals surface area contributed by atoms with Crippen LogP contribution in [0, 0.1) is 0 Å². The van der Waals surface area contributed by atoms with E-state index in [0.29, 0.717) is 38.1 Å². The first kappa shape index (κ1) is 53.0. The van der Waals surface area contributed by atoms with Gasteiger partial charge in [0, 0.05) is 26.2 Å². The third-order valence-electron chi connectivity index (χ3n) is 11.2. The van der Waals surface area contributed by atoms with Crippen molar-refractivity contribution >= 4 is 23.9 Å². The number of methoxy groups -OCH3 is 2. The number of hydrogen-bond donors (Lipinski definition) is 8. The molecule has 0 amide bonds. The SMILES string of the molecule is CCCCCCCCCCNC1=NC(C)(C)NC(NCc2ccc(OC)cc2)(OC(=O)CC(=O)OC2(NCc3ccc(OC)cc3)NC(NCCCCCCCCCC)=NC(C)(C)N2)N1. The smallest absolute Gasteiger partial charge is 0.321 e. The van der Waals surface area contributed by atoms with Crippen LogP contribution in [0.2, 0.25) is 0 Å². The number of rotatable bonds is 30. The summed E-state index contributed by atoms with van der Waals surface area (Å²) in [6.45, 7) is 14.0. The number of hydrogen-bond acceptors (Lipinski definition) is 16. The summed E-state index contributed by atoms with van der Waals surface area (Å²) >= 11 is 0. The second-order valence-electron chi connectivity index (χ2n) is 18.2. The monoisotopic (exact) mass is 907 g/mol. The predicted molar refractivity (Wildman–Crippen MR) is 259 cm³/mol. The molecule has 2 aromatic carbocycles. The van der Waals surface area contributed by atoms with E-state index in [1.807, 2.05) is 76.2 Å². The van der Waals surface area contributed by atoms with E-state index in [1.54, 1.807) is 14.2 Å². The van der Waals surface area contributed by atoms with E-state index in [2.05, 4.69) is 56.4 Å². The lowest BCUT2D eigenvalue weighted by molar-refractivity contribution is -0.188. The van der Waals surface area contributed by atoms with Crippen molar-refractivity contribution in [2.75, 3.05) is 27.3 Å². The maximum Gasteiger partial charge on any atom is 0.321 e. The summed E-state index contributed by atoms with van der Waals surface area (Å²) in [5.74, 6) is -2.61. The standard InChI is InChI=1S/C49H82N10O6/c1-9-11-13-15-17-19-21-23-33-50-44-54-46(3,4)58-48(56-44,52-36-38-25-29-40(62-7)30-26-38)64-42(60)35-43(61)65-49(53-37-39-27-31-41(63-8)32-28-39)57-45(55-47(5,6)59-49)51-34-24-22-20-18-16-14-12-10-2/h25-32,52-53,58-59H,9-24,33-37H2,1-8H3,(H2,50,54,56)(H2,51,55,57). The molecule has 0 fully saturated rings. The third-order valence-corrected chi connectivity index (χ3v) is 11.2. The number of aliphatic imine (C=N–C) groups is 2. The van der Waals surface area contributed by atoms with Crippen LogP contribution >= 0.6 is 0 Å². The maximum atomic E-state index is 14.0. The summed E-state index contributed by atoms with van der Waals surface area (Å²) in [6, 6.07) is 15.2. The van der Waals surface area contributed by atoms with Gasteiger partial charge in [-0.3, -0.25) is 20.2 Å². The maximum absolute atomic E-state index is 14.0. The zero-order valence-corrected chi connectivity index (χ0v) is 40.8. The van der Waals surface area contributed by atoms with Crippen LogP contribution in [0.5, 0.6) is 11.5 Å². The summed E-state index contributed by atoms with van der Waals surface area (Å²) in [6.07, 6.45) is 18.5. The Hall–Kier alpha value is -4.64. The van der Waals surface area contributed by atoms with E-state index in [-0.39, 0.29) is 0 Å². The largest absolute Gasteiger partial charge is 0.497 e. The Morgan fingerprint density at radius 2 is 0.862 bits per heavy atom. The summed E-state index contributed by atoms with van der Waals surface area (Å²) in [5, 5.41) is 26.7. The van der Waals surface area contributed by atoms with Crippen molar-refractivity contribution < 1.29 is 28.5 Å². The number of carbonyl (C=O) groups excluding carboxylic acids is 2. The number of carbonyl (C=O) groups is 2. The number of nitrogens with one attached hydrogen (secondary N) is 8. The fourth-order valence-corrected chi connectivity index (χ4v) is 7.85. The van der Waals surface area contributed by atoms with Gasteiger partial charge in [-0.25, -0.2) is 31.3 Å². The Labute approximate surface area is 389 Å². The van der Waals surface area contributed by atoms with Gasteiger partial charge in [-0.15, -0.1) is 0 Å². The molecule has 8 N–H and O–H groups in total. The molecule has 2 atom stereocenters. The summed E-state index contributed by atoms with van der Waals surface area (Å²) in [7, 11) is 3.24. The second-order valence-corrected chi connectivity index (χ2v) is 18.2. The quantitative estimate of drug-likeness (QED) is 0.0168. The average Bonchev–Trinajstić information content (AvgIpc) is 3.25.